The van der Waals surface area contributed by atoms with Gasteiger partial charge in [-0.05, 0) is 55.0 Å². The van der Waals surface area contributed by atoms with E-state index in [1.807, 2.05) is 0 Å². The van der Waals surface area contributed by atoms with Crippen LogP contribution in [0.4, 0.5) is 13.2 Å². The number of thioether (sulfide) groups is 1. The molecule has 11 heteroatoms. The second-order valence-electron chi connectivity index (χ2n) is 8.97. The summed E-state index contributed by atoms with van der Waals surface area (Å²) < 4.78 is 84.0. The summed E-state index contributed by atoms with van der Waals surface area (Å²) >= 11 is 1.10. The van der Waals surface area contributed by atoms with Crippen molar-refractivity contribution in [1.82, 2.24) is 3.97 Å². The van der Waals surface area contributed by atoms with Crippen molar-refractivity contribution in [2.75, 3.05) is 7.11 Å². The number of nitrogens with zero attached hydrogens (tertiary/aromatic N) is 2. The van der Waals surface area contributed by atoms with E-state index in [0.717, 1.165) is 41.2 Å². The third-order valence-electron chi connectivity index (χ3n) is 6.30. The average Bonchev–Trinajstić information content (AvgIpc) is 3.43. The van der Waals surface area contributed by atoms with Gasteiger partial charge in [-0.1, -0.05) is 29.8 Å². The summed E-state index contributed by atoms with van der Waals surface area (Å²) in [6, 6.07) is 19.4. The van der Waals surface area contributed by atoms with Crippen LogP contribution in [0.2, 0.25) is 0 Å². The van der Waals surface area contributed by atoms with Crippen LogP contribution < -0.4 is 9.47 Å². The van der Waals surface area contributed by atoms with Crippen LogP contribution >= 0.6 is 11.8 Å². The zero-order chi connectivity index (χ0) is 29.3. The van der Waals surface area contributed by atoms with Crippen molar-refractivity contribution in [2.45, 2.75) is 22.5 Å². The van der Waals surface area contributed by atoms with Crippen molar-refractivity contribution >= 4 is 32.7 Å². The minimum absolute atomic E-state index is 0.0933. The quantitative estimate of drug-likeness (QED) is 0.172. The van der Waals surface area contributed by atoms with Crippen LogP contribution in [0.15, 0.2) is 88.8 Å². The zero-order valence-corrected chi connectivity index (χ0v) is 23.3. The van der Waals surface area contributed by atoms with Gasteiger partial charge in [0.25, 0.3) is 10.0 Å². The highest BCUT2D eigenvalue weighted by Crippen LogP contribution is 2.45. The number of fused-ring (bicyclic) bond motifs is 1. The van der Waals surface area contributed by atoms with Crippen LogP contribution in [0.1, 0.15) is 16.7 Å². The van der Waals surface area contributed by atoms with Gasteiger partial charge < -0.3 is 9.47 Å². The maximum atomic E-state index is 15.8. The summed E-state index contributed by atoms with van der Waals surface area (Å²) in [6.07, 6.45) is 1.16. The molecule has 0 fully saturated rings. The van der Waals surface area contributed by atoms with Crippen molar-refractivity contribution < 1.29 is 31.1 Å². The Morgan fingerprint density at radius 2 is 1.61 bits per heavy atom. The first-order valence-electron chi connectivity index (χ1n) is 12.1. The monoisotopic (exact) mass is 594 g/mol. The van der Waals surface area contributed by atoms with Gasteiger partial charge in [0.2, 0.25) is 5.82 Å². The molecule has 6 nitrogen and oxygen atoms in total. The number of methoxy groups -OCH3 is 1. The summed E-state index contributed by atoms with van der Waals surface area (Å²) in [4.78, 5) is 0.0268. The average molecular weight is 595 g/mol. The number of halogens is 3. The molecular weight excluding hydrogens is 573 g/mol. The fourth-order valence-electron chi connectivity index (χ4n) is 4.15. The van der Waals surface area contributed by atoms with Gasteiger partial charge in [-0.15, -0.1) is 11.8 Å². The Morgan fingerprint density at radius 3 is 2.27 bits per heavy atom. The predicted molar refractivity (Wildman–Crippen MR) is 149 cm³/mol. The number of hydrogen-bond acceptors (Lipinski definition) is 6. The molecule has 0 unspecified atom stereocenters. The van der Waals surface area contributed by atoms with Gasteiger partial charge in [0.15, 0.2) is 11.6 Å². The predicted octanol–water partition coefficient (Wildman–Crippen LogP) is 7.57. The van der Waals surface area contributed by atoms with Crippen LogP contribution in [-0.2, 0) is 15.8 Å². The Morgan fingerprint density at radius 1 is 0.927 bits per heavy atom. The van der Waals surface area contributed by atoms with Gasteiger partial charge >= 0.3 is 0 Å². The molecule has 0 saturated carbocycles. The first-order valence-corrected chi connectivity index (χ1v) is 14.5. The molecule has 0 radical (unpaired) electrons. The van der Waals surface area contributed by atoms with Gasteiger partial charge in [0.1, 0.15) is 28.9 Å². The molecule has 0 bridgehead atoms. The number of ether oxygens (including phenoxy) is 2. The van der Waals surface area contributed by atoms with Gasteiger partial charge in [-0.2, -0.15) is 9.65 Å². The van der Waals surface area contributed by atoms with Gasteiger partial charge in [0.05, 0.1) is 22.5 Å². The van der Waals surface area contributed by atoms with E-state index in [1.165, 1.54) is 31.4 Å². The number of benzene rings is 4. The Labute approximate surface area is 238 Å². The number of hydrogen-bond donors (Lipinski definition) is 0. The smallest absolute Gasteiger partial charge is 0.268 e. The van der Waals surface area contributed by atoms with Crippen LogP contribution in [-0.4, -0.2) is 19.5 Å². The molecule has 1 aromatic heterocycles. The molecule has 0 aliphatic carbocycles. The Bertz CT molecular complexity index is 1920. The maximum Gasteiger partial charge on any atom is 0.268 e. The molecule has 0 spiro atoms. The van der Waals surface area contributed by atoms with Crippen molar-refractivity contribution in [3.8, 4) is 23.3 Å². The van der Waals surface area contributed by atoms with E-state index in [-0.39, 0.29) is 32.2 Å². The second-order valence-corrected chi connectivity index (χ2v) is 11.8. The Hall–Kier alpha value is -4.40. The fourth-order valence-corrected chi connectivity index (χ4v) is 6.58. The second kappa shape index (κ2) is 11.2. The highest BCUT2D eigenvalue weighted by Gasteiger charge is 2.29. The molecule has 5 aromatic rings. The molecule has 0 saturated heterocycles. The van der Waals surface area contributed by atoms with Crippen LogP contribution in [0.3, 0.4) is 0 Å². The highest BCUT2D eigenvalue weighted by molar-refractivity contribution is 7.98. The summed E-state index contributed by atoms with van der Waals surface area (Å²) in [5, 5.41) is 9.28. The summed E-state index contributed by atoms with van der Waals surface area (Å²) in [5.74, 6) is -3.37. The van der Waals surface area contributed by atoms with Crippen molar-refractivity contribution in [2.24, 2.45) is 0 Å². The molecule has 41 heavy (non-hydrogen) atoms. The standard InChI is InChI=1S/C30H21F3N2O4S2/c1-18-3-10-23(11-4-18)41(36,37)35-14-13-24-28(35)26(32)27(33)29(39-22-9-12-25(31)20(15-22)16-34)30(24)40-17-19-5-7-21(38-2)8-6-19/h3-15H,17H2,1-2H3. The van der Waals surface area contributed by atoms with E-state index in [1.54, 1.807) is 49.4 Å². The van der Waals surface area contributed by atoms with Crippen molar-refractivity contribution in [3.63, 3.8) is 0 Å². The molecule has 0 aliphatic rings. The van der Waals surface area contributed by atoms with Gasteiger partial charge in [0, 0.05) is 23.4 Å². The van der Waals surface area contributed by atoms with Gasteiger partial charge in [-0.3, -0.25) is 0 Å². The van der Waals surface area contributed by atoms with Crippen LogP contribution in [0, 0.1) is 35.7 Å². The zero-order valence-electron chi connectivity index (χ0n) is 21.7. The molecule has 0 aliphatic heterocycles. The lowest BCUT2D eigenvalue weighted by Crippen LogP contribution is -2.13. The molecular formula is C30H21F3N2O4S2. The number of aromatic nitrogens is 1. The molecule has 208 valence electrons. The van der Waals surface area contributed by atoms with Crippen molar-refractivity contribution in [3.05, 3.63) is 113 Å². The lowest BCUT2D eigenvalue weighted by atomic mass is 10.2. The maximum absolute atomic E-state index is 15.8. The van der Waals surface area contributed by atoms with E-state index in [0.29, 0.717) is 9.72 Å². The highest BCUT2D eigenvalue weighted by atomic mass is 32.2. The minimum Gasteiger partial charge on any atom is -0.497 e. The molecule has 1 heterocycles. The molecule has 0 N–H and O–H groups in total. The Balaban J connectivity index is 1.67. The van der Waals surface area contributed by atoms with E-state index in [9.17, 15) is 18.1 Å². The number of rotatable bonds is 8. The first-order chi connectivity index (χ1) is 19.6. The van der Waals surface area contributed by atoms with E-state index < -0.39 is 38.7 Å². The normalized spacial score (nSPS) is 11.4. The first kappa shape index (κ1) is 28.1. The molecule has 5 rings (SSSR count). The summed E-state index contributed by atoms with van der Waals surface area (Å²) in [6.45, 7) is 1.80. The third kappa shape index (κ3) is 5.36. The van der Waals surface area contributed by atoms with Gasteiger partial charge in [-0.25, -0.2) is 21.2 Å². The lowest BCUT2D eigenvalue weighted by molar-refractivity contribution is 0.409. The van der Waals surface area contributed by atoms with Crippen LogP contribution in [0.25, 0.3) is 10.9 Å². The molecule has 4 aromatic carbocycles. The van der Waals surface area contributed by atoms with E-state index in [4.69, 9.17) is 9.47 Å². The number of aryl methyl sites for hydroxylation is 1. The molecule has 0 amide bonds. The van der Waals surface area contributed by atoms with E-state index in [2.05, 4.69) is 0 Å². The summed E-state index contributed by atoms with van der Waals surface area (Å²) in [7, 11) is -2.75. The summed E-state index contributed by atoms with van der Waals surface area (Å²) in [5.41, 5.74) is 0.828. The van der Waals surface area contributed by atoms with Crippen molar-refractivity contribution in [1.29, 1.82) is 5.26 Å². The topological polar surface area (TPSA) is 81.3 Å². The molecule has 0 atom stereocenters. The minimum atomic E-state index is -4.29. The largest absolute Gasteiger partial charge is 0.497 e. The third-order valence-corrected chi connectivity index (χ3v) is 9.16. The van der Waals surface area contributed by atoms with E-state index >= 15 is 8.78 Å². The SMILES string of the molecule is COc1ccc(CSc2c(Oc3ccc(F)c(C#N)c3)c(F)c(F)c3c2ccn3S(=O)(=O)c2ccc(C)cc2)cc1. The fraction of sp³-hybridized carbons (Fsp3) is 0.100. The lowest BCUT2D eigenvalue weighted by Gasteiger charge is -2.16. The Kier molecular flexibility index (Phi) is 7.71. The van der Waals surface area contributed by atoms with Crippen LogP contribution in [0.5, 0.6) is 17.2 Å². The number of nitriles is 1.